The Kier molecular flexibility index (Phi) is 6.72. The standard InChI is InChI=1S/C17H34N4/c1-12(2)9-14(5)20(7)17-16(11-18-10-13(3)4)15(6)19-21(17)8/h12-14,18H,9-11H2,1-8H3. The lowest BCUT2D eigenvalue weighted by Gasteiger charge is -2.29. The number of nitrogens with one attached hydrogen (secondary N) is 1. The molecule has 0 aliphatic heterocycles. The van der Waals surface area contributed by atoms with Crippen LogP contribution >= 0.6 is 0 Å². The maximum absolute atomic E-state index is 4.63. The molecule has 0 fully saturated rings. The molecule has 0 spiro atoms. The molecule has 0 amide bonds. The normalized spacial score (nSPS) is 13.2. The van der Waals surface area contributed by atoms with Crippen LogP contribution in [-0.4, -0.2) is 29.4 Å². The molecule has 0 radical (unpaired) electrons. The van der Waals surface area contributed by atoms with Gasteiger partial charge in [-0.25, -0.2) is 0 Å². The molecule has 1 unspecified atom stereocenters. The maximum Gasteiger partial charge on any atom is 0.131 e. The van der Waals surface area contributed by atoms with Crippen LogP contribution in [0.25, 0.3) is 0 Å². The van der Waals surface area contributed by atoms with Crippen LogP contribution in [0.4, 0.5) is 5.82 Å². The number of rotatable bonds is 8. The zero-order valence-electron chi connectivity index (χ0n) is 15.2. The first kappa shape index (κ1) is 18.0. The highest BCUT2D eigenvalue weighted by Crippen LogP contribution is 2.25. The van der Waals surface area contributed by atoms with Gasteiger partial charge in [-0.2, -0.15) is 5.10 Å². The molecular weight excluding hydrogens is 260 g/mol. The summed E-state index contributed by atoms with van der Waals surface area (Å²) in [5, 5.41) is 8.18. The predicted octanol–water partition coefficient (Wildman–Crippen LogP) is 3.34. The summed E-state index contributed by atoms with van der Waals surface area (Å²) in [6, 6.07) is 0.517. The van der Waals surface area contributed by atoms with E-state index in [0.29, 0.717) is 17.9 Å². The van der Waals surface area contributed by atoms with Crippen molar-refractivity contribution in [3.63, 3.8) is 0 Å². The van der Waals surface area contributed by atoms with Crippen molar-refractivity contribution in [1.82, 2.24) is 15.1 Å². The van der Waals surface area contributed by atoms with Crippen LogP contribution in [0.15, 0.2) is 0 Å². The number of anilines is 1. The molecule has 122 valence electrons. The molecule has 1 atom stereocenters. The van der Waals surface area contributed by atoms with Gasteiger partial charge in [-0.1, -0.05) is 27.7 Å². The molecule has 0 aliphatic rings. The Morgan fingerprint density at radius 1 is 1.14 bits per heavy atom. The van der Waals surface area contributed by atoms with Crippen molar-refractivity contribution in [2.75, 3.05) is 18.5 Å². The third-order valence-electron chi connectivity index (χ3n) is 3.98. The van der Waals surface area contributed by atoms with Gasteiger partial charge in [0.05, 0.1) is 5.69 Å². The highest BCUT2D eigenvalue weighted by Gasteiger charge is 2.20. The van der Waals surface area contributed by atoms with Crippen LogP contribution in [0, 0.1) is 18.8 Å². The molecule has 21 heavy (non-hydrogen) atoms. The molecule has 0 aromatic carbocycles. The Labute approximate surface area is 130 Å². The van der Waals surface area contributed by atoms with E-state index in [2.05, 4.69) is 63.9 Å². The van der Waals surface area contributed by atoms with Crippen molar-refractivity contribution in [3.8, 4) is 0 Å². The van der Waals surface area contributed by atoms with Crippen LogP contribution < -0.4 is 10.2 Å². The Hall–Kier alpha value is -1.03. The van der Waals surface area contributed by atoms with E-state index in [9.17, 15) is 0 Å². The van der Waals surface area contributed by atoms with Gasteiger partial charge in [0.15, 0.2) is 0 Å². The molecule has 0 bridgehead atoms. The second-order valence-corrected chi connectivity index (χ2v) is 7.13. The maximum atomic E-state index is 4.63. The summed E-state index contributed by atoms with van der Waals surface area (Å²) in [4.78, 5) is 2.38. The Morgan fingerprint density at radius 2 is 1.76 bits per heavy atom. The summed E-state index contributed by atoms with van der Waals surface area (Å²) in [5.41, 5.74) is 2.46. The van der Waals surface area contributed by atoms with E-state index in [4.69, 9.17) is 0 Å². The average Bonchev–Trinajstić information content (AvgIpc) is 2.62. The topological polar surface area (TPSA) is 33.1 Å². The predicted molar refractivity (Wildman–Crippen MR) is 91.8 cm³/mol. The fraction of sp³-hybridized carbons (Fsp3) is 0.824. The van der Waals surface area contributed by atoms with Crippen molar-refractivity contribution >= 4 is 5.82 Å². The Bertz CT molecular complexity index is 434. The van der Waals surface area contributed by atoms with E-state index in [1.165, 1.54) is 17.8 Å². The highest BCUT2D eigenvalue weighted by atomic mass is 15.4. The third-order valence-corrected chi connectivity index (χ3v) is 3.98. The van der Waals surface area contributed by atoms with Gasteiger partial charge in [-0.15, -0.1) is 0 Å². The van der Waals surface area contributed by atoms with E-state index >= 15 is 0 Å². The van der Waals surface area contributed by atoms with Gasteiger partial charge in [0.2, 0.25) is 0 Å². The molecule has 4 nitrogen and oxygen atoms in total. The summed E-state index contributed by atoms with van der Waals surface area (Å²) < 4.78 is 2.03. The molecular formula is C17H34N4. The highest BCUT2D eigenvalue weighted by molar-refractivity contribution is 5.50. The minimum Gasteiger partial charge on any atom is -0.357 e. The van der Waals surface area contributed by atoms with Gasteiger partial charge in [-0.3, -0.25) is 4.68 Å². The summed E-state index contributed by atoms with van der Waals surface area (Å²) in [5.74, 6) is 2.62. The van der Waals surface area contributed by atoms with Gasteiger partial charge in [0.1, 0.15) is 5.82 Å². The van der Waals surface area contributed by atoms with Gasteiger partial charge >= 0.3 is 0 Å². The number of hydrogen-bond donors (Lipinski definition) is 1. The minimum absolute atomic E-state index is 0.517. The summed E-state index contributed by atoms with van der Waals surface area (Å²) in [6.07, 6.45) is 1.19. The Balaban J connectivity index is 2.89. The molecule has 0 aliphatic carbocycles. The number of aromatic nitrogens is 2. The van der Waals surface area contributed by atoms with Crippen molar-refractivity contribution in [2.24, 2.45) is 18.9 Å². The van der Waals surface area contributed by atoms with Crippen molar-refractivity contribution in [3.05, 3.63) is 11.3 Å². The SMILES string of the molecule is Cc1nn(C)c(N(C)C(C)CC(C)C)c1CNCC(C)C. The molecule has 1 aromatic rings. The van der Waals surface area contributed by atoms with Gasteiger partial charge in [0.25, 0.3) is 0 Å². The lowest BCUT2D eigenvalue weighted by atomic mass is 10.0. The minimum atomic E-state index is 0.517. The average molecular weight is 294 g/mol. The van der Waals surface area contributed by atoms with Crippen LogP contribution in [0.5, 0.6) is 0 Å². The Morgan fingerprint density at radius 3 is 2.29 bits per heavy atom. The quantitative estimate of drug-likeness (QED) is 0.798. The molecule has 1 rings (SSSR count). The van der Waals surface area contributed by atoms with Crippen molar-refractivity contribution in [2.45, 2.75) is 60.5 Å². The number of aryl methyl sites for hydroxylation is 2. The van der Waals surface area contributed by atoms with E-state index in [1.54, 1.807) is 0 Å². The van der Waals surface area contributed by atoms with Gasteiger partial charge in [-0.05, 0) is 38.6 Å². The lowest BCUT2D eigenvalue weighted by molar-refractivity contribution is 0.495. The fourth-order valence-corrected chi connectivity index (χ4v) is 2.87. The largest absolute Gasteiger partial charge is 0.357 e. The van der Waals surface area contributed by atoms with Crippen molar-refractivity contribution < 1.29 is 0 Å². The molecule has 1 aromatic heterocycles. The van der Waals surface area contributed by atoms with Gasteiger partial charge in [0, 0.05) is 32.2 Å². The zero-order chi connectivity index (χ0) is 16.2. The summed E-state index contributed by atoms with van der Waals surface area (Å²) >= 11 is 0. The number of hydrogen-bond acceptors (Lipinski definition) is 3. The second kappa shape index (κ2) is 7.83. The van der Waals surface area contributed by atoms with Crippen LogP contribution in [0.1, 0.15) is 52.3 Å². The second-order valence-electron chi connectivity index (χ2n) is 7.13. The molecule has 0 saturated heterocycles. The monoisotopic (exact) mass is 294 g/mol. The number of nitrogens with zero attached hydrogens (tertiary/aromatic N) is 3. The first-order valence-corrected chi connectivity index (χ1v) is 8.20. The van der Waals surface area contributed by atoms with E-state index in [-0.39, 0.29) is 0 Å². The lowest BCUT2D eigenvalue weighted by Crippen LogP contribution is -2.33. The van der Waals surface area contributed by atoms with Crippen molar-refractivity contribution in [1.29, 1.82) is 0 Å². The van der Waals surface area contributed by atoms with Crippen LogP contribution in [0.3, 0.4) is 0 Å². The van der Waals surface area contributed by atoms with E-state index < -0.39 is 0 Å². The first-order valence-electron chi connectivity index (χ1n) is 8.20. The molecule has 1 N–H and O–H groups in total. The zero-order valence-corrected chi connectivity index (χ0v) is 15.2. The smallest absolute Gasteiger partial charge is 0.131 e. The fourth-order valence-electron chi connectivity index (χ4n) is 2.87. The van der Waals surface area contributed by atoms with Crippen LogP contribution in [-0.2, 0) is 13.6 Å². The molecule has 1 heterocycles. The van der Waals surface area contributed by atoms with E-state index in [1.807, 2.05) is 11.7 Å². The first-order chi connectivity index (χ1) is 9.73. The van der Waals surface area contributed by atoms with Crippen LogP contribution in [0.2, 0.25) is 0 Å². The summed E-state index contributed by atoms with van der Waals surface area (Å²) in [6.45, 7) is 15.4. The van der Waals surface area contributed by atoms with Gasteiger partial charge < -0.3 is 10.2 Å². The molecule has 0 saturated carbocycles. The van der Waals surface area contributed by atoms with E-state index in [0.717, 1.165) is 18.8 Å². The third kappa shape index (κ3) is 5.03. The summed E-state index contributed by atoms with van der Waals surface area (Å²) in [7, 11) is 4.24. The molecule has 4 heteroatoms.